The Morgan fingerprint density at radius 1 is 1.06 bits per heavy atom. The zero-order valence-electron chi connectivity index (χ0n) is 16.6. The molecule has 158 valence electrons. The summed E-state index contributed by atoms with van der Waals surface area (Å²) < 4.78 is 7.58. The van der Waals surface area contributed by atoms with E-state index in [-0.39, 0.29) is 16.4 Å². The maximum Gasteiger partial charge on any atom is 0.276 e. The third-order valence-electron chi connectivity index (χ3n) is 4.90. The molecule has 0 bridgehead atoms. The summed E-state index contributed by atoms with van der Waals surface area (Å²) in [5.41, 5.74) is 3.46. The lowest BCUT2D eigenvalue weighted by Crippen LogP contribution is -2.16. The van der Waals surface area contributed by atoms with Crippen LogP contribution in [-0.2, 0) is 11.4 Å². The molecule has 0 spiro atoms. The van der Waals surface area contributed by atoms with E-state index in [2.05, 4.69) is 20.6 Å². The quantitative estimate of drug-likeness (QED) is 0.407. The van der Waals surface area contributed by atoms with E-state index in [1.54, 1.807) is 0 Å². The SMILES string of the molecule is O=C1Nc2ccccc2/C1=N\n1c(-c2ccc(OCc3cccc(Cl)c3)cc2)n[nH]c1=S. The highest BCUT2D eigenvalue weighted by atomic mass is 35.5. The molecule has 3 aromatic carbocycles. The summed E-state index contributed by atoms with van der Waals surface area (Å²) in [6.45, 7) is 0.404. The molecule has 0 aliphatic carbocycles. The summed E-state index contributed by atoms with van der Waals surface area (Å²) in [7, 11) is 0. The Kier molecular flexibility index (Phi) is 5.30. The van der Waals surface area contributed by atoms with Gasteiger partial charge in [-0.25, -0.2) is 5.10 Å². The second kappa shape index (κ2) is 8.41. The Morgan fingerprint density at radius 2 is 1.88 bits per heavy atom. The first-order chi connectivity index (χ1) is 15.6. The van der Waals surface area contributed by atoms with Crippen LogP contribution in [0.2, 0.25) is 5.02 Å². The number of carbonyl (C=O) groups is 1. The van der Waals surface area contributed by atoms with E-state index in [4.69, 9.17) is 28.6 Å². The number of H-pyrrole nitrogens is 1. The number of nitrogens with zero attached hydrogens (tertiary/aromatic N) is 3. The minimum atomic E-state index is -0.287. The third-order valence-corrected chi connectivity index (χ3v) is 5.40. The normalized spacial score (nSPS) is 13.8. The zero-order chi connectivity index (χ0) is 22.1. The van der Waals surface area contributed by atoms with E-state index in [0.717, 1.165) is 16.7 Å². The topological polar surface area (TPSA) is 84.3 Å². The fraction of sp³-hybridized carbons (Fsp3) is 0.0435. The van der Waals surface area contributed by atoms with Gasteiger partial charge in [-0.15, -0.1) is 0 Å². The van der Waals surface area contributed by atoms with Crippen molar-refractivity contribution in [3.8, 4) is 17.1 Å². The first-order valence-electron chi connectivity index (χ1n) is 9.73. The molecule has 0 radical (unpaired) electrons. The molecule has 4 aromatic rings. The molecule has 1 amide bonds. The van der Waals surface area contributed by atoms with Crippen molar-refractivity contribution in [3.63, 3.8) is 0 Å². The Balaban J connectivity index is 1.41. The largest absolute Gasteiger partial charge is 0.489 e. The molecular weight excluding hydrogens is 446 g/mol. The first-order valence-corrected chi connectivity index (χ1v) is 10.5. The van der Waals surface area contributed by atoms with Crippen LogP contribution in [0.4, 0.5) is 5.69 Å². The number of para-hydroxylation sites is 1. The number of rotatable bonds is 5. The molecule has 0 fully saturated rings. The molecule has 1 aliphatic rings. The van der Waals surface area contributed by atoms with Crippen molar-refractivity contribution >= 4 is 41.1 Å². The Morgan fingerprint density at radius 3 is 2.69 bits per heavy atom. The predicted octanol–water partition coefficient (Wildman–Crippen LogP) is 5.04. The Bertz CT molecular complexity index is 1410. The highest BCUT2D eigenvalue weighted by Crippen LogP contribution is 2.25. The lowest BCUT2D eigenvalue weighted by molar-refractivity contribution is -0.110. The van der Waals surface area contributed by atoms with E-state index in [9.17, 15) is 4.79 Å². The number of fused-ring (bicyclic) bond motifs is 1. The summed E-state index contributed by atoms with van der Waals surface area (Å²) in [6.07, 6.45) is 0. The van der Waals surface area contributed by atoms with E-state index in [0.29, 0.717) is 28.9 Å². The number of hydrogen-bond donors (Lipinski definition) is 2. The fourth-order valence-electron chi connectivity index (χ4n) is 3.37. The average molecular weight is 462 g/mol. The summed E-state index contributed by atoms with van der Waals surface area (Å²) >= 11 is 11.4. The Hall–Kier alpha value is -3.75. The Labute approximate surface area is 193 Å². The van der Waals surface area contributed by atoms with Gasteiger partial charge < -0.3 is 10.1 Å². The summed E-state index contributed by atoms with van der Waals surface area (Å²) in [5.74, 6) is 0.899. The number of halogens is 1. The number of anilines is 1. The minimum absolute atomic E-state index is 0.279. The maximum absolute atomic E-state index is 12.4. The van der Waals surface area contributed by atoms with Gasteiger partial charge in [-0.2, -0.15) is 14.9 Å². The minimum Gasteiger partial charge on any atom is -0.489 e. The third kappa shape index (κ3) is 3.93. The summed E-state index contributed by atoms with van der Waals surface area (Å²) in [4.78, 5) is 12.4. The standard InChI is InChI=1S/C23H16ClN5O2S/c24-16-5-3-4-14(12-16)13-31-17-10-8-15(9-11-17)21-26-27-23(32)29(21)28-20-18-6-1-2-7-19(18)25-22(20)30/h1-12H,13H2,(H,27,32)(H,25,28,30). The van der Waals surface area contributed by atoms with Crippen LogP contribution in [0.1, 0.15) is 11.1 Å². The molecule has 32 heavy (non-hydrogen) atoms. The molecule has 0 unspecified atom stereocenters. The van der Waals surface area contributed by atoms with Gasteiger partial charge in [-0.05, 0) is 60.2 Å². The number of benzene rings is 3. The van der Waals surface area contributed by atoms with Gasteiger partial charge in [0.25, 0.3) is 5.91 Å². The molecule has 1 aliphatic heterocycles. The van der Waals surface area contributed by atoms with Crippen LogP contribution >= 0.6 is 23.8 Å². The molecule has 9 heteroatoms. The van der Waals surface area contributed by atoms with Crippen LogP contribution in [0, 0.1) is 4.77 Å². The van der Waals surface area contributed by atoms with Gasteiger partial charge in [0.2, 0.25) is 4.77 Å². The second-order valence-corrected chi connectivity index (χ2v) is 7.88. The van der Waals surface area contributed by atoms with Crippen LogP contribution in [-0.4, -0.2) is 26.5 Å². The van der Waals surface area contributed by atoms with Crippen LogP contribution in [0.25, 0.3) is 11.4 Å². The van der Waals surface area contributed by atoms with Gasteiger partial charge in [-0.3, -0.25) is 4.79 Å². The first kappa shape index (κ1) is 20.2. The number of aromatic nitrogens is 3. The molecule has 2 N–H and O–H groups in total. The molecular formula is C23H16ClN5O2S. The van der Waals surface area contributed by atoms with Crippen molar-refractivity contribution in [1.29, 1.82) is 0 Å². The van der Waals surface area contributed by atoms with Gasteiger partial charge in [0.15, 0.2) is 11.5 Å². The number of ether oxygens (including phenoxy) is 1. The summed E-state index contributed by atoms with van der Waals surface area (Å²) in [6, 6.07) is 22.3. The van der Waals surface area contributed by atoms with Gasteiger partial charge >= 0.3 is 0 Å². The van der Waals surface area contributed by atoms with Crippen LogP contribution in [0.5, 0.6) is 5.75 Å². The van der Waals surface area contributed by atoms with Crippen molar-refractivity contribution in [2.75, 3.05) is 5.32 Å². The number of amides is 1. The van der Waals surface area contributed by atoms with E-state index in [1.165, 1.54) is 4.68 Å². The zero-order valence-corrected chi connectivity index (χ0v) is 18.2. The van der Waals surface area contributed by atoms with Crippen molar-refractivity contribution in [3.05, 3.63) is 93.7 Å². The highest BCUT2D eigenvalue weighted by Gasteiger charge is 2.26. The van der Waals surface area contributed by atoms with Crippen molar-refractivity contribution in [2.24, 2.45) is 5.10 Å². The van der Waals surface area contributed by atoms with Gasteiger partial charge in [0.05, 0.1) is 5.69 Å². The lowest BCUT2D eigenvalue weighted by atomic mass is 10.1. The molecule has 1 aromatic heterocycles. The number of nitrogens with one attached hydrogen (secondary N) is 2. The summed E-state index contributed by atoms with van der Waals surface area (Å²) in [5, 5.41) is 15.0. The molecule has 2 heterocycles. The predicted molar refractivity (Wildman–Crippen MR) is 126 cm³/mol. The van der Waals surface area contributed by atoms with E-state index < -0.39 is 0 Å². The van der Waals surface area contributed by atoms with Crippen molar-refractivity contribution in [1.82, 2.24) is 14.9 Å². The molecule has 0 saturated heterocycles. The molecule has 0 atom stereocenters. The molecule has 0 saturated carbocycles. The average Bonchev–Trinajstić information content (AvgIpc) is 3.32. The van der Waals surface area contributed by atoms with Crippen LogP contribution in [0.3, 0.4) is 0 Å². The van der Waals surface area contributed by atoms with Gasteiger partial charge in [0.1, 0.15) is 12.4 Å². The highest BCUT2D eigenvalue weighted by molar-refractivity contribution is 7.71. The fourth-order valence-corrected chi connectivity index (χ4v) is 3.75. The number of hydrogen-bond acceptors (Lipinski definition) is 5. The van der Waals surface area contributed by atoms with Crippen molar-refractivity contribution < 1.29 is 9.53 Å². The molecule has 5 rings (SSSR count). The van der Waals surface area contributed by atoms with E-state index >= 15 is 0 Å². The van der Waals surface area contributed by atoms with Gasteiger partial charge in [0, 0.05) is 16.1 Å². The van der Waals surface area contributed by atoms with Crippen LogP contribution in [0.15, 0.2) is 77.9 Å². The number of carbonyl (C=O) groups excluding carboxylic acids is 1. The monoisotopic (exact) mass is 461 g/mol. The van der Waals surface area contributed by atoms with Crippen molar-refractivity contribution in [2.45, 2.75) is 6.61 Å². The number of aromatic amines is 1. The van der Waals surface area contributed by atoms with Crippen LogP contribution < -0.4 is 10.1 Å². The second-order valence-electron chi connectivity index (χ2n) is 7.06. The lowest BCUT2D eigenvalue weighted by Gasteiger charge is -2.08. The van der Waals surface area contributed by atoms with E-state index in [1.807, 2.05) is 72.8 Å². The maximum atomic E-state index is 12.4. The smallest absolute Gasteiger partial charge is 0.276 e. The van der Waals surface area contributed by atoms with Gasteiger partial charge in [-0.1, -0.05) is 41.9 Å². The molecule has 7 nitrogen and oxygen atoms in total.